The third-order valence-corrected chi connectivity index (χ3v) is 1.69. The molecule has 0 unspecified atom stereocenters. The molecule has 3 nitrogen and oxygen atoms in total. The third-order valence-electron chi connectivity index (χ3n) is 1.69. The summed E-state index contributed by atoms with van der Waals surface area (Å²) in [5.74, 6) is 1.01. The molecule has 0 aliphatic rings. The van der Waals surface area contributed by atoms with E-state index in [0.717, 1.165) is 0 Å². The molecule has 1 aromatic heterocycles. The van der Waals surface area contributed by atoms with Gasteiger partial charge >= 0.3 is 0 Å². The normalized spacial score (nSPS) is 11.0. The SMILES string of the molecule is Cc1oc(CC(C)C)c(O)c1O. The van der Waals surface area contributed by atoms with E-state index in [1.807, 2.05) is 13.8 Å². The number of hydrogen-bond donors (Lipinski definition) is 2. The molecule has 0 fully saturated rings. The first kappa shape index (κ1) is 8.97. The molecule has 1 heterocycles. The van der Waals surface area contributed by atoms with E-state index in [1.165, 1.54) is 0 Å². The summed E-state index contributed by atoms with van der Waals surface area (Å²) in [4.78, 5) is 0. The highest BCUT2D eigenvalue weighted by molar-refractivity contribution is 5.43. The quantitative estimate of drug-likeness (QED) is 0.715. The smallest absolute Gasteiger partial charge is 0.200 e. The Hall–Kier alpha value is -1.12. The van der Waals surface area contributed by atoms with E-state index < -0.39 is 0 Å². The molecular weight excluding hydrogens is 156 g/mol. The van der Waals surface area contributed by atoms with E-state index >= 15 is 0 Å². The Bertz CT molecular complexity index is 274. The van der Waals surface area contributed by atoms with Crippen LogP contribution >= 0.6 is 0 Å². The Morgan fingerprint density at radius 3 is 2.17 bits per heavy atom. The Morgan fingerprint density at radius 1 is 1.25 bits per heavy atom. The summed E-state index contributed by atoms with van der Waals surface area (Å²) in [5.41, 5.74) is 0. The van der Waals surface area contributed by atoms with Crippen LogP contribution in [0.5, 0.6) is 11.5 Å². The van der Waals surface area contributed by atoms with Gasteiger partial charge in [-0.25, -0.2) is 0 Å². The fraction of sp³-hybridized carbons (Fsp3) is 0.556. The van der Waals surface area contributed by atoms with Gasteiger partial charge in [-0.2, -0.15) is 0 Å². The van der Waals surface area contributed by atoms with Crippen molar-refractivity contribution in [3.05, 3.63) is 11.5 Å². The van der Waals surface area contributed by atoms with E-state index in [0.29, 0.717) is 23.9 Å². The van der Waals surface area contributed by atoms with Gasteiger partial charge in [0.25, 0.3) is 0 Å². The van der Waals surface area contributed by atoms with Crippen LogP contribution in [0.4, 0.5) is 0 Å². The predicted molar refractivity (Wildman–Crippen MR) is 45.3 cm³/mol. The summed E-state index contributed by atoms with van der Waals surface area (Å²) >= 11 is 0. The summed E-state index contributed by atoms with van der Waals surface area (Å²) in [6.07, 6.45) is 0.646. The van der Waals surface area contributed by atoms with Crippen LogP contribution in [-0.2, 0) is 6.42 Å². The number of furan rings is 1. The lowest BCUT2D eigenvalue weighted by molar-refractivity contribution is 0.396. The molecule has 3 heteroatoms. The minimum Gasteiger partial charge on any atom is -0.502 e. The lowest BCUT2D eigenvalue weighted by Gasteiger charge is -2.00. The van der Waals surface area contributed by atoms with Crippen molar-refractivity contribution in [1.29, 1.82) is 0 Å². The molecule has 68 valence electrons. The average Bonchev–Trinajstić information content (AvgIpc) is 2.17. The fourth-order valence-corrected chi connectivity index (χ4v) is 1.09. The van der Waals surface area contributed by atoms with Crippen molar-refractivity contribution in [2.75, 3.05) is 0 Å². The first-order chi connectivity index (χ1) is 5.52. The van der Waals surface area contributed by atoms with Crippen molar-refractivity contribution in [2.45, 2.75) is 27.2 Å². The van der Waals surface area contributed by atoms with Gasteiger partial charge in [-0.1, -0.05) is 13.8 Å². The standard InChI is InChI=1S/C9H14O3/c1-5(2)4-7-9(11)8(10)6(3)12-7/h5,10-11H,4H2,1-3H3. The molecular formula is C9H14O3. The van der Waals surface area contributed by atoms with E-state index in [1.54, 1.807) is 6.92 Å². The molecule has 0 amide bonds. The van der Waals surface area contributed by atoms with Gasteiger partial charge in [0.1, 0.15) is 11.5 Å². The maximum absolute atomic E-state index is 9.32. The highest BCUT2D eigenvalue weighted by Crippen LogP contribution is 2.36. The van der Waals surface area contributed by atoms with Crippen LogP contribution in [0.1, 0.15) is 25.4 Å². The van der Waals surface area contributed by atoms with Crippen LogP contribution in [0.3, 0.4) is 0 Å². The first-order valence-electron chi connectivity index (χ1n) is 4.02. The second kappa shape index (κ2) is 3.09. The molecule has 0 radical (unpaired) electrons. The fourth-order valence-electron chi connectivity index (χ4n) is 1.09. The van der Waals surface area contributed by atoms with E-state index in [4.69, 9.17) is 4.42 Å². The number of hydrogen-bond acceptors (Lipinski definition) is 3. The Kier molecular flexibility index (Phi) is 2.31. The van der Waals surface area contributed by atoms with Crippen molar-refractivity contribution in [2.24, 2.45) is 5.92 Å². The van der Waals surface area contributed by atoms with Crippen LogP contribution in [0.15, 0.2) is 4.42 Å². The van der Waals surface area contributed by atoms with Gasteiger partial charge < -0.3 is 14.6 Å². The zero-order valence-corrected chi connectivity index (χ0v) is 7.59. The lowest BCUT2D eigenvalue weighted by atomic mass is 10.1. The maximum atomic E-state index is 9.32. The Labute approximate surface area is 71.6 Å². The number of rotatable bonds is 2. The minimum atomic E-state index is -0.134. The Balaban J connectivity index is 2.93. The van der Waals surface area contributed by atoms with Crippen LogP contribution < -0.4 is 0 Å². The topological polar surface area (TPSA) is 53.6 Å². The molecule has 0 bridgehead atoms. The van der Waals surface area contributed by atoms with Gasteiger partial charge in [0, 0.05) is 6.42 Å². The number of aromatic hydroxyl groups is 2. The zero-order chi connectivity index (χ0) is 9.30. The summed E-state index contributed by atoms with van der Waals surface area (Å²) in [5, 5.41) is 18.5. The van der Waals surface area contributed by atoms with E-state index in [-0.39, 0.29) is 11.5 Å². The van der Waals surface area contributed by atoms with Crippen molar-refractivity contribution in [3.63, 3.8) is 0 Å². The molecule has 0 aliphatic heterocycles. The molecule has 12 heavy (non-hydrogen) atoms. The second-order valence-corrected chi connectivity index (χ2v) is 3.38. The lowest BCUT2D eigenvalue weighted by Crippen LogP contribution is -1.91. The molecule has 0 aliphatic carbocycles. The van der Waals surface area contributed by atoms with Crippen molar-refractivity contribution in [1.82, 2.24) is 0 Å². The van der Waals surface area contributed by atoms with Crippen LogP contribution in [0, 0.1) is 12.8 Å². The van der Waals surface area contributed by atoms with Gasteiger partial charge in [-0.3, -0.25) is 0 Å². The van der Waals surface area contributed by atoms with Crippen LogP contribution in [0.2, 0.25) is 0 Å². The summed E-state index contributed by atoms with van der Waals surface area (Å²) in [7, 11) is 0. The van der Waals surface area contributed by atoms with Gasteiger partial charge in [0.2, 0.25) is 0 Å². The molecule has 0 spiro atoms. The molecule has 2 N–H and O–H groups in total. The molecule has 0 saturated heterocycles. The van der Waals surface area contributed by atoms with E-state index in [2.05, 4.69) is 0 Å². The zero-order valence-electron chi connectivity index (χ0n) is 7.59. The van der Waals surface area contributed by atoms with Crippen molar-refractivity contribution < 1.29 is 14.6 Å². The van der Waals surface area contributed by atoms with E-state index in [9.17, 15) is 10.2 Å². The monoisotopic (exact) mass is 170 g/mol. The third kappa shape index (κ3) is 1.55. The summed E-state index contributed by atoms with van der Waals surface area (Å²) < 4.78 is 5.16. The van der Waals surface area contributed by atoms with Crippen molar-refractivity contribution in [3.8, 4) is 11.5 Å². The molecule has 1 aromatic rings. The summed E-state index contributed by atoms with van der Waals surface area (Å²) in [6, 6.07) is 0. The van der Waals surface area contributed by atoms with Gasteiger partial charge in [0.05, 0.1) is 0 Å². The largest absolute Gasteiger partial charge is 0.502 e. The van der Waals surface area contributed by atoms with Gasteiger partial charge in [-0.15, -0.1) is 0 Å². The summed E-state index contributed by atoms with van der Waals surface area (Å²) in [6.45, 7) is 5.67. The van der Waals surface area contributed by atoms with Crippen molar-refractivity contribution >= 4 is 0 Å². The predicted octanol–water partition coefficient (Wildman–Crippen LogP) is 2.20. The highest BCUT2D eigenvalue weighted by Gasteiger charge is 2.16. The average molecular weight is 170 g/mol. The molecule has 0 saturated carbocycles. The molecule has 0 aromatic carbocycles. The Morgan fingerprint density at radius 2 is 1.83 bits per heavy atom. The van der Waals surface area contributed by atoms with Gasteiger partial charge in [-0.05, 0) is 12.8 Å². The van der Waals surface area contributed by atoms with Crippen LogP contribution in [-0.4, -0.2) is 10.2 Å². The number of aryl methyl sites for hydroxylation is 1. The molecule has 1 rings (SSSR count). The first-order valence-corrected chi connectivity index (χ1v) is 4.02. The second-order valence-electron chi connectivity index (χ2n) is 3.38. The maximum Gasteiger partial charge on any atom is 0.200 e. The van der Waals surface area contributed by atoms with Gasteiger partial charge in [0.15, 0.2) is 11.5 Å². The minimum absolute atomic E-state index is 0.110. The van der Waals surface area contributed by atoms with Crippen LogP contribution in [0.25, 0.3) is 0 Å². The highest BCUT2D eigenvalue weighted by atomic mass is 16.4. The molecule has 0 atom stereocenters.